The number of carbonyl (C=O) groups is 1. The summed E-state index contributed by atoms with van der Waals surface area (Å²) in [5.41, 5.74) is 5.35. The predicted molar refractivity (Wildman–Crippen MR) is 112 cm³/mol. The summed E-state index contributed by atoms with van der Waals surface area (Å²) in [5, 5.41) is 12.8. The Kier molecular flexibility index (Phi) is 5.89. The number of carbonyl (C=O) groups excluding carboxylic acids is 1. The van der Waals surface area contributed by atoms with E-state index < -0.39 is 0 Å². The Morgan fingerprint density at radius 3 is 2.43 bits per heavy atom. The van der Waals surface area contributed by atoms with Crippen LogP contribution >= 0.6 is 11.6 Å². The van der Waals surface area contributed by atoms with Crippen molar-refractivity contribution >= 4 is 17.5 Å². The molecule has 1 N–H and O–H groups in total. The van der Waals surface area contributed by atoms with Gasteiger partial charge in [-0.3, -0.25) is 14.2 Å². The quantitative estimate of drug-likeness (QED) is 0.665. The fourth-order valence-corrected chi connectivity index (χ4v) is 3.73. The van der Waals surface area contributed by atoms with E-state index in [2.05, 4.69) is 29.4 Å². The van der Waals surface area contributed by atoms with E-state index in [4.69, 9.17) is 11.6 Å². The molecule has 2 heterocycles. The minimum Gasteiger partial charge on any atom is -0.344 e. The molecule has 28 heavy (non-hydrogen) atoms. The Morgan fingerprint density at radius 1 is 1.18 bits per heavy atom. The minimum atomic E-state index is -0.189. The Hall–Kier alpha value is -2.60. The second-order valence-corrected chi connectivity index (χ2v) is 7.32. The van der Waals surface area contributed by atoms with Crippen LogP contribution in [0.1, 0.15) is 53.7 Å². The molecule has 6 nitrogen and oxygen atoms in total. The average molecular weight is 400 g/mol. The highest BCUT2D eigenvalue weighted by Gasteiger charge is 2.23. The van der Waals surface area contributed by atoms with Crippen LogP contribution in [-0.2, 0) is 13.6 Å². The molecule has 0 saturated carbocycles. The summed E-state index contributed by atoms with van der Waals surface area (Å²) < 4.78 is 3.68. The van der Waals surface area contributed by atoms with Gasteiger partial charge in [0.2, 0.25) is 0 Å². The first kappa shape index (κ1) is 20.1. The predicted octanol–water partition coefficient (Wildman–Crippen LogP) is 4.45. The first-order chi connectivity index (χ1) is 13.3. The molecular formula is C21H26ClN5O. The number of aromatic nitrogens is 4. The molecular weight excluding hydrogens is 374 g/mol. The molecule has 3 rings (SSSR count). The van der Waals surface area contributed by atoms with Crippen molar-refractivity contribution in [3.63, 3.8) is 0 Å². The second-order valence-electron chi connectivity index (χ2n) is 6.88. The molecule has 0 saturated heterocycles. The Labute approximate surface area is 170 Å². The van der Waals surface area contributed by atoms with Gasteiger partial charge in [0.1, 0.15) is 0 Å². The Morgan fingerprint density at radius 2 is 1.86 bits per heavy atom. The van der Waals surface area contributed by atoms with E-state index in [0.29, 0.717) is 10.7 Å². The number of nitrogens with one attached hydrogen (secondary N) is 1. The number of halogens is 1. The van der Waals surface area contributed by atoms with E-state index >= 15 is 0 Å². The molecule has 0 radical (unpaired) electrons. The molecule has 1 aromatic carbocycles. The van der Waals surface area contributed by atoms with E-state index in [9.17, 15) is 4.79 Å². The average Bonchev–Trinajstić information content (AvgIpc) is 3.20. The van der Waals surface area contributed by atoms with Gasteiger partial charge < -0.3 is 5.32 Å². The standard InChI is InChI=1S/C21H26ClN5O/c1-6-17(20-13(3)24-27(7-2)14(20)4)23-21(28)18-12-19(26(5)25-18)15-8-10-16(22)11-9-15/h8-12,17H,6-7H2,1-5H3,(H,23,28). The third kappa shape index (κ3) is 3.83. The number of amides is 1. The lowest BCUT2D eigenvalue weighted by atomic mass is 10.0. The molecule has 3 aromatic rings. The van der Waals surface area contributed by atoms with Crippen molar-refractivity contribution in [2.24, 2.45) is 7.05 Å². The highest BCUT2D eigenvalue weighted by atomic mass is 35.5. The molecule has 0 spiro atoms. The largest absolute Gasteiger partial charge is 0.344 e. The molecule has 1 amide bonds. The van der Waals surface area contributed by atoms with E-state index in [0.717, 1.165) is 41.2 Å². The van der Waals surface area contributed by atoms with Crippen molar-refractivity contribution in [1.29, 1.82) is 0 Å². The zero-order chi connectivity index (χ0) is 20.4. The van der Waals surface area contributed by atoms with Gasteiger partial charge in [0.15, 0.2) is 5.69 Å². The summed E-state index contributed by atoms with van der Waals surface area (Å²) >= 11 is 5.97. The summed E-state index contributed by atoms with van der Waals surface area (Å²) in [6.07, 6.45) is 0.777. The van der Waals surface area contributed by atoms with Crippen molar-refractivity contribution < 1.29 is 4.79 Å². The molecule has 1 atom stereocenters. The molecule has 0 aliphatic rings. The van der Waals surface area contributed by atoms with Crippen LogP contribution in [0.15, 0.2) is 30.3 Å². The smallest absolute Gasteiger partial charge is 0.272 e. The zero-order valence-electron chi connectivity index (χ0n) is 17.0. The summed E-state index contributed by atoms with van der Waals surface area (Å²) in [4.78, 5) is 12.9. The van der Waals surface area contributed by atoms with Gasteiger partial charge in [0.05, 0.1) is 17.4 Å². The fourth-order valence-electron chi connectivity index (χ4n) is 3.60. The number of nitrogens with zero attached hydrogens (tertiary/aromatic N) is 4. The molecule has 0 aliphatic heterocycles. The lowest BCUT2D eigenvalue weighted by Gasteiger charge is -2.17. The zero-order valence-corrected chi connectivity index (χ0v) is 17.7. The van der Waals surface area contributed by atoms with E-state index in [-0.39, 0.29) is 11.9 Å². The minimum absolute atomic E-state index is 0.103. The van der Waals surface area contributed by atoms with E-state index in [1.165, 1.54) is 0 Å². The monoisotopic (exact) mass is 399 g/mol. The van der Waals surface area contributed by atoms with Gasteiger partial charge in [-0.1, -0.05) is 30.7 Å². The van der Waals surface area contributed by atoms with Crippen LogP contribution in [0.4, 0.5) is 0 Å². The second kappa shape index (κ2) is 8.19. The van der Waals surface area contributed by atoms with Crippen LogP contribution in [0.25, 0.3) is 11.3 Å². The third-order valence-corrected chi connectivity index (χ3v) is 5.30. The number of aryl methyl sites for hydroxylation is 3. The maximum atomic E-state index is 12.9. The number of hydrogen-bond acceptors (Lipinski definition) is 3. The molecule has 2 aromatic heterocycles. The summed E-state index contributed by atoms with van der Waals surface area (Å²) in [7, 11) is 1.83. The number of hydrogen-bond donors (Lipinski definition) is 1. The van der Waals surface area contributed by atoms with Crippen LogP contribution < -0.4 is 5.32 Å². The van der Waals surface area contributed by atoms with Gasteiger partial charge >= 0.3 is 0 Å². The number of rotatable bonds is 6. The molecule has 1 unspecified atom stereocenters. The lowest BCUT2D eigenvalue weighted by molar-refractivity contribution is 0.0929. The van der Waals surface area contributed by atoms with Crippen LogP contribution in [0, 0.1) is 13.8 Å². The van der Waals surface area contributed by atoms with Crippen molar-refractivity contribution in [2.45, 2.75) is 46.7 Å². The molecule has 7 heteroatoms. The fraction of sp³-hybridized carbons (Fsp3) is 0.381. The van der Waals surface area contributed by atoms with E-state index in [1.807, 2.05) is 49.8 Å². The molecule has 148 valence electrons. The summed E-state index contributed by atoms with van der Waals surface area (Å²) in [5.74, 6) is -0.189. The van der Waals surface area contributed by atoms with Crippen LogP contribution in [0.2, 0.25) is 5.02 Å². The SMILES string of the molecule is CCC(NC(=O)c1cc(-c2ccc(Cl)cc2)n(C)n1)c1c(C)nn(CC)c1C. The normalized spacial score (nSPS) is 12.2. The first-order valence-corrected chi connectivity index (χ1v) is 9.88. The van der Waals surface area contributed by atoms with Gasteiger partial charge in [0, 0.05) is 29.9 Å². The summed E-state index contributed by atoms with van der Waals surface area (Å²) in [6, 6.07) is 9.19. The van der Waals surface area contributed by atoms with Gasteiger partial charge in [-0.2, -0.15) is 10.2 Å². The van der Waals surface area contributed by atoms with Gasteiger partial charge in [0.25, 0.3) is 5.91 Å². The summed E-state index contributed by atoms with van der Waals surface area (Å²) in [6.45, 7) is 8.97. The van der Waals surface area contributed by atoms with Crippen LogP contribution in [-0.4, -0.2) is 25.5 Å². The molecule has 0 aliphatic carbocycles. The first-order valence-electron chi connectivity index (χ1n) is 9.50. The lowest BCUT2D eigenvalue weighted by Crippen LogP contribution is -2.29. The van der Waals surface area contributed by atoms with E-state index in [1.54, 1.807) is 10.7 Å². The van der Waals surface area contributed by atoms with Crippen molar-refractivity contribution in [3.05, 3.63) is 58.0 Å². The molecule has 0 fully saturated rings. The van der Waals surface area contributed by atoms with Gasteiger partial charge in [-0.25, -0.2) is 0 Å². The highest BCUT2D eigenvalue weighted by Crippen LogP contribution is 2.26. The maximum absolute atomic E-state index is 12.9. The van der Waals surface area contributed by atoms with Crippen molar-refractivity contribution in [2.75, 3.05) is 0 Å². The highest BCUT2D eigenvalue weighted by molar-refractivity contribution is 6.30. The maximum Gasteiger partial charge on any atom is 0.272 e. The Bertz CT molecular complexity index is 987. The Balaban J connectivity index is 1.85. The third-order valence-electron chi connectivity index (χ3n) is 5.05. The van der Waals surface area contributed by atoms with Gasteiger partial charge in [-0.05, 0) is 51.0 Å². The van der Waals surface area contributed by atoms with Crippen LogP contribution in [0.5, 0.6) is 0 Å². The van der Waals surface area contributed by atoms with Crippen LogP contribution in [0.3, 0.4) is 0 Å². The van der Waals surface area contributed by atoms with Crippen molar-refractivity contribution in [3.8, 4) is 11.3 Å². The topological polar surface area (TPSA) is 64.7 Å². The van der Waals surface area contributed by atoms with Gasteiger partial charge in [-0.15, -0.1) is 0 Å². The number of benzene rings is 1. The van der Waals surface area contributed by atoms with Crippen molar-refractivity contribution in [1.82, 2.24) is 24.9 Å². The molecule has 0 bridgehead atoms.